The Morgan fingerprint density at radius 1 is 1.14 bits per heavy atom. The number of sulfone groups is 1. The van der Waals surface area contributed by atoms with Crippen LogP contribution >= 0.6 is 0 Å². The minimum absolute atomic E-state index is 0.122. The van der Waals surface area contributed by atoms with Gasteiger partial charge in [-0.05, 0) is 61.1 Å². The van der Waals surface area contributed by atoms with Gasteiger partial charge in [0, 0.05) is 17.7 Å². The molecule has 0 radical (unpaired) electrons. The van der Waals surface area contributed by atoms with E-state index in [-0.39, 0.29) is 16.6 Å². The number of amides is 1. The zero-order valence-corrected chi connectivity index (χ0v) is 17.0. The number of aromatic nitrogens is 2. The van der Waals surface area contributed by atoms with E-state index in [9.17, 15) is 13.2 Å². The predicted octanol–water partition coefficient (Wildman–Crippen LogP) is 3.01. The Kier molecular flexibility index (Phi) is 4.74. The molecule has 1 atom stereocenters. The molecule has 0 bridgehead atoms. The van der Waals surface area contributed by atoms with Crippen molar-refractivity contribution in [3.63, 3.8) is 0 Å². The summed E-state index contributed by atoms with van der Waals surface area (Å²) in [5.74, 6) is -0.0493. The standard InChI is InChI=1S/C21H22N4O3S/c1-12(13-6-7-13)23-19-17-9-8-15(11-18(17)24-25-20(19)21(22)26)14-4-3-5-16(10-14)29(2,27)28/h3-5,8-13H,6-7H2,1-2H3,(H2,22,26)(H,23,24)/t12-/m1/s1. The molecule has 29 heavy (non-hydrogen) atoms. The molecule has 2 aromatic carbocycles. The third kappa shape index (κ3) is 3.93. The summed E-state index contributed by atoms with van der Waals surface area (Å²) in [6.07, 6.45) is 3.51. The minimum atomic E-state index is -3.30. The van der Waals surface area contributed by atoms with Gasteiger partial charge in [-0.2, -0.15) is 0 Å². The summed E-state index contributed by atoms with van der Waals surface area (Å²) in [5, 5.41) is 12.4. The number of fused-ring (bicyclic) bond motifs is 1. The van der Waals surface area contributed by atoms with Crippen molar-refractivity contribution in [1.29, 1.82) is 0 Å². The summed E-state index contributed by atoms with van der Waals surface area (Å²) in [6, 6.07) is 12.5. The molecule has 0 unspecified atom stereocenters. The number of benzene rings is 2. The molecule has 3 N–H and O–H groups in total. The molecule has 1 aromatic heterocycles. The van der Waals surface area contributed by atoms with Crippen LogP contribution in [0.4, 0.5) is 5.69 Å². The lowest BCUT2D eigenvalue weighted by Crippen LogP contribution is -2.23. The molecule has 7 nitrogen and oxygen atoms in total. The van der Waals surface area contributed by atoms with E-state index in [4.69, 9.17) is 5.73 Å². The number of carbonyl (C=O) groups excluding carboxylic acids is 1. The lowest BCUT2D eigenvalue weighted by molar-refractivity contribution is 0.0995. The first-order valence-corrected chi connectivity index (χ1v) is 11.3. The quantitative estimate of drug-likeness (QED) is 0.645. The molecular weight excluding hydrogens is 388 g/mol. The van der Waals surface area contributed by atoms with Crippen LogP contribution in [0.3, 0.4) is 0 Å². The van der Waals surface area contributed by atoms with Gasteiger partial charge < -0.3 is 11.1 Å². The maximum absolute atomic E-state index is 11.9. The number of rotatable bonds is 6. The average molecular weight is 410 g/mol. The third-order valence-electron chi connectivity index (χ3n) is 5.29. The van der Waals surface area contributed by atoms with E-state index >= 15 is 0 Å². The van der Waals surface area contributed by atoms with Crippen molar-refractivity contribution in [3.8, 4) is 11.1 Å². The van der Waals surface area contributed by atoms with Crippen molar-refractivity contribution in [2.45, 2.75) is 30.7 Å². The molecule has 1 aliphatic carbocycles. The number of hydrogen-bond donors (Lipinski definition) is 2. The first-order chi connectivity index (χ1) is 13.7. The normalized spacial score (nSPS) is 15.2. The molecule has 4 rings (SSSR count). The zero-order chi connectivity index (χ0) is 20.8. The molecule has 150 valence electrons. The van der Waals surface area contributed by atoms with Crippen molar-refractivity contribution >= 4 is 32.3 Å². The number of carbonyl (C=O) groups is 1. The van der Waals surface area contributed by atoms with E-state index in [1.54, 1.807) is 18.2 Å². The number of nitrogens with zero attached hydrogens (tertiary/aromatic N) is 2. The zero-order valence-electron chi connectivity index (χ0n) is 16.2. The van der Waals surface area contributed by atoms with Gasteiger partial charge in [-0.25, -0.2) is 8.42 Å². The second-order valence-corrected chi connectivity index (χ2v) is 9.61. The Labute approximate surface area is 169 Å². The summed E-state index contributed by atoms with van der Waals surface area (Å²) < 4.78 is 23.7. The first-order valence-electron chi connectivity index (χ1n) is 9.41. The molecule has 1 heterocycles. The number of primary amides is 1. The number of hydrogen-bond acceptors (Lipinski definition) is 6. The molecule has 1 amide bonds. The van der Waals surface area contributed by atoms with Gasteiger partial charge in [-0.1, -0.05) is 18.2 Å². The van der Waals surface area contributed by atoms with Crippen LogP contribution in [-0.2, 0) is 9.84 Å². The van der Waals surface area contributed by atoms with Gasteiger partial charge >= 0.3 is 0 Å². The summed E-state index contributed by atoms with van der Waals surface area (Å²) in [6.45, 7) is 2.08. The fourth-order valence-electron chi connectivity index (χ4n) is 3.45. The number of nitrogens with two attached hydrogens (primary N) is 1. The van der Waals surface area contributed by atoms with E-state index in [1.165, 1.54) is 6.26 Å². The Morgan fingerprint density at radius 3 is 2.52 bits per heavy atom. The van der Waals surface area contributed by atoms with Gasteiger partial charge in [0.15, 0.2) is 15.5 Å². The van der Waals surface area contributed by atoms with Crippen molar-refractivity contribution in [2.75, 3.05) is 11.6 Å². The van der Waals surface area contributed by atoms with Crippen LogP contribution < -0.4 is 11.1 Å². The highest BCUT2D eigenvalue weighted by atomic mass is 32.2. The predicted molar refractivity (Wildman–Crippen MR) is 112 cm³/mol. The molecule has 0 spiro atoms. The molecule has 1 saturated carbocycles. The van der Waals surface area contributed by atoms with Crippen LogP contribution in [0.5, 0.6) is 0 Å². The van der Waals surface area contributed by atoms with Crippen LogP contribution in [0.25, 0.3) is 22.0 Å². The molecule has 0 saturated heterocycles. The summed E-state index contributed by atoms with van der Waals surface area (Å²) in [7, 11) is -3.30. The lowest BCUT2D eigenvalue weighted by Gasteiger charge is -2.18. The van der Waals surface area contributed by atoms with E-state index in [0.29, 0.717) is 17.1 Å². The van der Waals surface area contributed by atoms with E-state index in [2.05, 4.69) is 22.4 Å². The second kappa shape index (κ2) is 7.11. The summed E-state index contributed by atoms with van der Waals surface area (Å²) >= 11 is 0. The molecule has 0 aliphatic heterocycles. The van der Waals surface area contributed by atoms with Crippen molar-refractivity contribution < 1.29 is 13.2 Å². The van der Waals surface area contributed by atoms with Crippen LogP contribution in [0.15, 0.2) is 47.4 Å². The highest BCUT2D eigenvalue weighted by Gasteiger charge is 2.29. The Hall–Kier alpha value is -3.00. The van der Waals surface area contributed by atoms with Gasteiger partial charge in [0.1, 0.15) is 0 Å². The van der Waals surface area contributed by atoms with E-state index in [0.717, 1.165) is 29.4 Å². The topological polar surface area (TPSA) is 115 Å². The Morgan fingerprint density at radius 2 is 1.86 bits per heavy atom. The molecular formula is C21H22N4O3S. The SMILES string of the molecule is C[C@@H](Nc1c(C(N)=O)nnc2cc(-c3cccc(S(C)(=O)=O)c3)ccc12)C1CC1. The molecule has 1 aliphatic rings. The van der Waals surface area contributed by atoms with Gasteiger partial charge in [-0.3, -0.25) is 4.79 Å². The van der Waals surface area contributed by atoms with Crippen molar-refractivity contribution in [1.82, 2.24) is 10.2 Å². The van der Waals surface area contributed by atoms with Crippen LogP contribution in [0.2, 0.25) is 0 Å². The second-order valence-electron chi connectivity index (χ2n) is 7.59. The van der Waals surface area contributed by atoms with Gasteiger partial charge in [0.2, 0.25) is 0 Å². The number of nitrogens with one attached hydrogen (secondary N) is 1. The minimum Gasteiger partial charge on any atom is -0.380 e. The highest BCUT2D eigenvalue weighted by molar-refractivity contribution is 7.90. The van der Waals surface area contributed by atoms with Crippen LogP contribution in [-0.4, -0.2) is 36.8 Å². The summed E-state index contributed by atoms with van der Waals surface area (Å²) in [5.41, 5.74) is 8.40. The van der Waals surface area contributed by atoms with Gasteiger partial charge in [0.05, 0.1) is 16.1 Å². The van der Waals surface area contributed by atoms with E-state index < -0.39 is 15.7 Å². The maximum atomic E-state index is 11.9. The fraction of sp³-hybridized carbons (Fsp3) is 0.286. The maximum Gasteiger partial charge on any atom is 0.271 e. The smallest absolute Gasteiger partial charge is 0.271 e. The number of anilines is 1. The van der Waals surface area contributed by atoms with Crippen molar-refractivity contribution in [2.24, 2.45) is 11.7 Å². The monoisotopic (exact) mass is 410 g/mol. The molecule has 3 aromatic rings. The first kappa shape index (κ1) is 19.3. The van der Waals surface area contributed by atoms with Crippen LogP contribution in [0.1, 0.15) is 30.3 Å². The van der Waals surface area contributed by atoms with Gasteiger partial charge in [0.25, 0.3) is 5.91 Å². The average Bonchev–Trinajstić information content (AvgIpc) is 3.52. The lowest BCUT2D eigenvalue weighted by atomic mass is 10.0. The Balaban J connectivity index is 1.81. The van der Waals surface area contributed by atoms with Crippen molar-refractivity contribution in [3.05, 3.63) is 48.2 Å². The Bertz CT molecular complexity index is 1220. The van der Waals surface area contributed by atoms with Gasteiger partial charge in [-0.15, -0.1) is 10.2 Å². The van der Waals surface area contributed by atoms with Crippen LogP contribution in [0, 0.1) is 5.92 Å². The molecule has 1 fully saturated rings. The fourth-order valence-corrected chi connectivity index (χ4v) is 4.12. The third-order valence-corrected chi connectivity index (χ3v) is 6.40. The molecule has 8 heteroatoms. The highest BCUT2D eigenvalue weighted by Crippen LogP contribution is 2.36. The largest absolute Gasteiger partial charge is 0.380 e. The summed E-state index contributed by atoms with van der Waals surface area (Å²) in [4.78, 5) is 12.1. The van der Waals surface area contributed by atoms with E-state index in [1.807, 2.05) is 24.3 Å².